The number of aromatic nitrogens is 2. The van der Waals surface area contributed by atoms with E-state index in [4.69, 9.17) is 10.7 Å². The first kappa shape index (κ1) is 34.9. The van der Waals surface area contributed by atoms with Crippen molar-refractivity contribution < 1.29 is 14.4 Å². The summed E-state index contributed by atoms with van der Waals surface area (Å²) in [6.07, 6.45) is 4.98. The summed E-state index contributed by atoms with van der Waals surface area (Å²) in [6.45, 7) is 2.48. The van der Waals surface area contributed by atoms with E-state index in [1.54, 1.807) is 12.5 Å². The highest BCUT2D eigenvalue weighted by atomic mass is 79.9. The summed E-state index contributed by atoms with van der Waals surface area (Å²) >= 11 is 7.09. The summed E-state index contributed by atoms with van der Waals surface area (Å²) in [5, 5.41) is 6.29. The van der Waals surface area contributed by atoms with Crippen LogP contribution in [-0.2, 0) is 12.8 Å². The number of hydrogen-bond donors (Lipinski definition) is 4. The number of para-hydroxylation sites is 1. The quantitative estimate of drug-likeness (QED) is 0.106. The third kappa shape index (κ3) is 8.27. The number of Topliss-reactive ketones (excluding diaryl/α,β-unsaturated/α-hetero) is 1. The van der Waals surface area contributed by atoms with Gasteiger partial charge in [0.15, 0.2) is 5.78 Å². The number of hydrogen-bond acceptors (Lipinski definition) is 6. The molecular formula is C36H41Br2N8O3. The number of likely N-dealkylation sites (tertiary alicyclic amines) is 1. The van der Waals surface area contributed by atoms with Gasteiger partial charge in [0.25, 0.3) is 0 Å². The number of anilines is 2. The van der Waals surface area contributed by atoms with Gasteiger partial charge in [-0.25, -0.2) is 14.6 Å². The minimum atomic E-state index is -0.499. The Morgan fingerprint density at radius 3 is 2.55 bits per heavy atom. The maximum atomic E-state index is 13.8. The van der Waals surface area contributed by atoms with E-state index in [0.29, 0.717) is 67.9 Å². The van der Waals surface area contributed by atoms with E-state index in [1.165, 1.54) is 0 Å². The van der Waals surface area contributed by atoms with Crippen molar-refractivity contribution in [2.75, 3.05) is 51.3 Å². The predicted molar refractivity (Wildman–Crippen MR) is 200 cm³/mol. The summed E-state index contributed by atoms with van der Waals surface area (Å²) in [6, 6.07) is 16.5. The number of amides is 4. The predicted octanol–water partition coefficient (Wildman–Crippen LogP) is 6.56. The summed E-state index contributed by atoms with van der Waals surface area (Å²) in [7, 11) is 3.96. The lowest BCUT2D eigenvalue weighted by Gasteiger charge is -2.38. The number of fused-ring (bicyclic) bond motifs is 2. The van der Waals surface area contributed by atoms with Crippen LogP contribution in [0.2, 0.25) is 0 Å². The van der Waals surface area contributed by atoms with E-state index in [-0.39, 0.29) is 23.9 Å². The average Bonchev–Trinajstić information content (AvgIpc) is 3.43. The first-order valence-electron chi connectivity index (χ1n) is 16.5. The van der Waals surface area contributed by atoms with Gasteiger partial charge in [-0.2, -0.15) is 0 Å². The molecule has 5 N–H and O–H groups in total. The maximum Gasteiger partial charge on any atom is 0.322 e. The number of carbonyl (C=O) groups excluding carboxylic acids is 3. The van der Waals surface area contributed by atoms with E-state index in [2.05, 4.69) is 53.5 Å². The van der Waals surface area contributed by atoms with E-state index < -0.39 is 6.04 Å². The third-order valence-corrected chi connectivity index (χ3v) is 10.5. The summed E-state index contributed by atoms with van der Waals surface area (Å²) < 4.78 is 1.51. The number of nitrogens with zero attached hydrogens (tertiary/aromatic N) is 4. The number of nitrogens with two attached hydrogens (primary N) is 1. The Morgan fingerprint density at radius 2 is 1.82 bits per heavy atom. The Morgan fingerprint density at radius 1 is 1.08 bits per heavy atom. The number of carbonyl (C=O) groups is 3. The number of benzene rings is 3. The zero-order valence-corrected chi connectivity index (χ0v) is 30.8. The number of piperidine rings is 1. The van der Waals surface area contributed by atoms with Gasteiger partial charge >= 0.3 is 12.1 Å². The van der Waals surface area contributed by atoms with E-state index in [1.807, 2.05) is 71.3 Å². The van der Waals surface area contributed by atoms with Gasteiger partial charge in [0.05, 0.1) is 22.8 Å². The second kappa shape index (κ2) is 15.3. The number of nitrogen functional groups attached to an aromatic ring is 1. The number of ketones is 1. The second-order valence-electron chi connectivity index (χ2n) is 12.9. The average molecular weight is 794 g/mol. The van der Waals surface area contributed by atoms with Crippen molar-refractivity contribution in [3.63, 3.8) is 0 Å². The summed E-state index contributed by atoms with van der Waals surface area (Å²) in [5.41, 5.74) is 11.7. The Bertz CT molecular complexity index is 1830. The zero-order chi connectivity index (χ0) is 34.7. The van der Waals surface area contributed by atoms with Crippen LogP contribution in [0.15, 0.2) is 63.5 Å². The van der Waals surface area contributed by atoms with E-state index >= 15 is 0 Å². The molecule has 0 spiro atoms. The van der Waals surface area contributed by atoms with Crippen molar-refractivity contribution in [2.45, 2.75) is 44.2 Å². The van der Waals surface area contributed by atoms with E-state index in [0.717, 1.165) is 44.2 Å². The molecule has 3 aromatic carbocycles. The molecule has 0 aliphatic carbocycles. The number of halogens is 2. The molecule has 4 aromatic rings. The third-order valence-electron chi connectivity index (χ3n) is 9.23. The van der Waals surface area contributed by atoms with Gasteiger partial charge in [-0.3, -0.25) is 4.79 Å². The minimum Gasteiger partial charge on any atom is -0.397 e. The SMILES string of the molecule is CN(C)CC[CH]C(=O)c1ccc2nc([C@@H](Cc3cc(Br)c(N)c(Br)c3)NC(=O)N3CCC(N4CCc5ccccc5NC4=O)CC3)[nH]c2c1. The van der Waals surface area contributed by atoms with Crippen molar-refractivity contribution in [1.82, 2.24) is 30.0 Å². The van der Waals surface area contributed by atoms with Gasteiger partial charge in [-0.15, -0.1) is 0 Å². The molecule has 6 rings (SSSR count). The molecule has 1 saturated heterocycles. The molecule has 1 atom stereocenters. The number of aromatic amines is 1. The van der Waals surface area contributed by atoms with Crippen molar-refractivity contribution in [1.29, 1.82) is 0 Å². The molecule has 1 aromatic heterocycles. The van der Waals surface area contributed by atoms with Gasteiger partial charge < -0.3 is 36.1 Å². The standard InChI is InChI=1S/C36H41Br2N8O3/c1-44(2)14-5-8-32(47)24-9-10-29-30(21-24)41-34(40-29)31(20-22-18-26(37)33(39)27(38)19-22)43-35(48)45-15-12-25(13-16-45)46-17-11-23-6-3-4-7-28(23)42-36(46)49/h3-4,6-10,18-19,21,25,31H,5,11-17,20,39H2,1-2H3,(H,40,41)(H,42,49)(H,43,48)/t31-/m1/s1. The molecule has 3 heterocycles. The Hall–Kier alpha value is -3.94. The summed E-state index contributed by atoms with van der Waals surface area (Å²) in [4.78, 5) is 53.8. The van der Waals surface area contributed by atoms with Crippen LogP contribution >= 0.6 is 31.9 Å². The van der Waals surface area contributed by atoms with Gasteiger partial charge in [-0.1, -0.05) is 18.2 Å². The highest BCUT2D eigenvalue weighted by molar-refractivity contribution is 9.11. The van der Waals surface area contributed by atoms with Crippen molar-refractivity contribution >= 4 is 72.1 Å². The number of H-pyrrole nitrogens is 1. The number of imidazole rings is 1. The Kier molecular flexibility index (Phi) is 10.9. The topological polar surface area (TPSA) is 140 Å². The van der Waals surface area contributed by atoms with Crippen molar-refractivity contribution in [2.24, 2.45) is 0 Å². The molecule has 1 fully saturated rings. The fourth-order valence-electron chi connectivity index (χ4n) is 6.48. The van der Waals surface area contributed by atoms with Gasteiger partial charge in [0, 0.05) is 58.7 Å². The van der Waals surface area contributed by atoms with Gasteiger partial charge in [-0.05, 0) is 126 Å². The first-order chi connectivity index (χ1) is 23.5. The molecule has 0 bridgehead atoms. The Balaban J connectivity index is 1.16. The van der Waals surface area contributed by atoms with Crippen molar-refractivity contribution in [3.05, 3.63) is 92.5 Å². The highest BCUT2D eigenvalue weighted by Crippen LogP contribution is 2.32. The van der Waals surface area contributed by atoms with E-state index in [9.17, 15) is 14.4 Å². The molecule has 0 saturated carbocycles. The molecule has 49 heavy (non-hydrogen) atoms. The maximum absolute atomic E-state index is 13.8. The first-order valence-corrected chi connectivity index (χ1v) is 18.1. The van der Waals surface area contributed by atoms with Crippen LogP contribution in [0.25, 0.3) is 11.0 Å². The lowest BCUT2D eigenvalue weighted by Crippen LogP contribution is -2.52. The highest BCUT2D eigenvalue weighted by Gasteiger charge is 2.32. The van der Waals surface area contributed by atoms with Crippen LogP contribution < -0.4 is 16.4 Å². The number of urea groups is 2. The molecule has 0 unspecified atom stereocenters. The molecule has 1 radical (unpaired) electrons. The molecule has 2 aliphatic rings. The number of rotatable bonds is 10. The zero-order valence-electron chi connectivity index (χ0n) is 27.6. The molecule has 2 aliphatic heterocycles. The fourth-order valence-corrected chi connectivity index (χ4v) is 7.77. The molecule has 257 valence electrons. The molecule has 13 heteroatoms. The minimum absolute atomic E-state index is 0.0353. The van der Waals surface area contributed by atoms with Crippen LogP contribution in [0.5, 0.6) is 0 Å². The largest absolute Gasteiger partial charge is 0.397 e. The molecule has 11 nitrogen and oxygen atoms in total. The number of nitrogens with one attached hydrogen (secondary N) is 3. The fraction of sp³-hybridized carbons (Fsp3) is 0.361. The van der Waals surface area contributed by atoms with Crippen LogP contribution in [0.1, 0.15) is 52.6 Å². The summed E-state index contributed by atoms with van der Waals surface area (Å²) in [5.74, 6) is 0.552. The second-order valence-corrected chi connectivity index (χ2v) is 14.7. The monoisotopic (exact) mass is 791 g/mol. The van der Waals surface area contributed by atoms with Crippen LogP contribution in [0.4, 0.5) is 21.0 Å². The van der Waals surface area contributed by atoms with Crippen LogP contribution in [-0.4, -0.2) is 88.8 Å². The lowest BCUT2D eigenvalue weighted by atomic mass is 10.0. The molecular weight excluding hydrogens is 752 g/mol. The Labute approximate surface area is 303 Å². The van der Waals surface area contributed by atoms with Gasteiger partial charge in [0.2, 0.25) is 0 Å². The van der Waals surface area contributed by atoms with Crippen LogP contribution in [0, 0.1) is 6.42 Å². The van der Waals surface area contributed by atoms with Crippen LogP contribution in [0.3, 0.4) is 0 Å². The normalized spacial score (nSPS) is 16.0. The lowest BCUT2D eigenvalue weighted by molar-refractivity contribution is 0.102. The van der Waals surface area contributed by atoms with Crippen molar-refractivity contribution in [3.8, 4) is 0 Å². The smallest absolute Gasteiger partial charge is 0.322 e. The van der Waals surface area contributed by atoms with Gasteiger partial charge in [0.1, 0.15) is 5.82 Å². The molecule has 4 amide bonds.